The number of hydrogen-bond acceptors (Lipinski definition) is 3. The summed E-state index contributed by atoms with van der Waals surface area (Å²) in [7, 11) is 2.24. The molecule has 0 spiro atoms. The largest absolute Gasteiger partial charge is 0.379 e. The van der Waals surface area contributed by atoms with Crippen molar-refractivity contribution in [3.8, 4) is 0 Å². The predicted molar refractivity (Wildman–Crippen MR) is 119 cm³/mol. The van der Waals surface area contributed by atoms with Gasteiger partial charge < -0.3 is 14.6 Å². The van der Waals surface area contributed by atoms with Crippen LogP contribution in [0.3, 0.4) is 0 Å². The average Bonchev–Trinajstić information content (AvgIpc) is 3.21. The van der Waals surface area contributed by atoms with Crippen molar-refractivity contribution in [1.82, 2.24) is 14.8 Å². The van der Waals surface area contributed by atoms with Gasteiger partial charge >= 0.3 is 0 Å². The second-order valence-corrected chi connectivity index (χ2v) is 8.85. The second kappa shape index (κ2) is 7.94. The molecule has 2 aliphatic rings. The van der Waals surface area contributed by atoms with Crippen LogP contribution >= 0.6 is 0 Å². The van der Waals surface area contributed by atoms with E-state index >= 15 is 0 Å². The standard InChI is InChI=1S/C25H31N3O/c1-18(15-28-9-11-29-12-10-28)20-5-6-23-22(13-20)16-27(2)17-24(23)21-4-3-19-7-8-26-25(19)14-21/h3-8,13-14,18,24,26H,9-12,15-17H2,1-2H3. The summed E-state index contributed by atoms with van der Waals surface area (Å²) in [4.78, 5) is 8.37. The minimum absolute atomic E-state index is 0.431. The van der Waals surface area contributed by atoms with Gasteiger partial charge in [-0.15, -0.1) is 0 Å². The summed E-state index contributed by atoms with van der Waals surface area (Å²) in [5, 5.41) is 1.28. The van der Waals surface area contributed by atoms with E-state index in [-0.39, 0.29) is 0 Å². The molecule has 3 aromatic rings. The molecule has 152 valence electrons. The summed E-state index contributed by atoms with van der Waals surface area (Å²) in [6, 6.07) is 16.3. The summed E-state index contributed by atoms with van der Waals surface area (Å²) in [5.74, 6) is 0.972. The van der Waals surface area contributed by atoms with Gasteiger partial charge in [0, 0.05) is 50.4 Å². The molecule has 1 fully saturated rings. The van der Waals surface area contributed by atoms with E-state index in [2.05, 4.69) is 71.2 Å². The van der Waals surface area contributed by atoms with Gasteiger partial charge in [-0.3, -0.25) is 4.90 Å². The molecule has 2 aromatic carbocycles. The molecule has 0 saturated carbocycles. The van der Waals surface area contributed by atoms with Crippen molar-refractivity contribution >= 4 is 10.9 Å². The van der Waals surface area contributed by atoms with Crippen molar-refractivity contribution in [3.63, 3.8) is 0 Å². The predicted octanol–water partition coefficient (Wildman–Crippen LogP) is 4.18. The minimum atomic E-state index is 0.431. The first kappa shape index (κ1) is 18.9. The van der Waals surface area contributed by atoms with Gasteiger partial charge in [0.2, 0.25) is 0 Å². The number of nitrogens with zero attached hydrogens (tertiary/aromatic N) is 2. The monoisotopic (exact) mass is 389 g/mol. The van der Waals surface area contributed by atoms with Gasteiger partial charge in [-0.2, -0.15) is 0 Å². The van der Waals surface area contributed by atoms with Crippen LogP contribution in [0.4, 0.5) is 0 Å². The third-order valence-corrected chi connectivity index (χ3v) is 6.66. The molecule has 29 heavy (non-hydrogen) atoms. The van der Waals surface area contributed by atoms with Crippen molar-refractivity contribution in [2.24, 2.45) is 0 Å². The van der Waals surface area contributed by atoms with Crippen LogP contribution in [0, 0.1) is 0 Å². The topological polar surface area (TPSA) is 31.5 Å². The lowest BCUT2D eigenvalue weighted by atomic mass is 9.82. The summed E-state index contributed by atoms with van der Waals surface area (Å²) >= 11 is 0. The van der Waals surface area contributed by atoms with E-state index in [0.717, 1.165) is 45.9 Å². The van der Waals surface area contributed by atoms with Crippen LogP contribution < -0.4 is 0 Å². The van der Waals surface area contributed by atoms with Crippen molar-refractivity contribution in [2.75, 3.05) is 46.4 Å². The maximum Gasteiger partial charge on any atom is 0.0594 e. The molecule has 3 heterocycles. The van der Waals surface area contributed by atoms with Crippen molar-refractivity contribution in [2.45, 2.75) is 25.3 Å². The Kier molecular flexibility index (Phi) is 5.17. The molecule has 2 unspecified atom stereocenters. The van der Waals surface area contributed by atoms with Crippen LogP contribution in [0.25, 0.3) is 10.9 Å². The van der Waals surface area contributed by atoms with Crippen LogP contribution in [0.15, 0.2) is 48.7 Å². The van der Waals surface area contributed by atoms with Gasteiger partial charge in [-0.05, 0) is 52.7 Å². The lowest BCUT2D eigenvalue weighted by Gasteiger charge is -2.34. The van der Waals surface area contributed by atoms with E-state index in [4.69, 9.17) is 4.74 Å². The zero-order valence-corrected chi connectivity index (χ0v) is 17.5. The van der Waals surface area contributed by atoms with E-state index in [0.29, 0.717) is 11.8 Å². The Labute approximate surface area is 173 Å². The molecule has 0 amide bonds. The fraction of sp³-hybridized carbons (Fsp3) is 0.440. The molecule has 2 aliphatic heterocycles. The maximum absolute atomic E-state index is 5.50. The molecule has 4 nitrogen and oxygen atoms in total. The van der Waals surface area contributed by atoms with Gasteiger partial charge in [-0.1, -0.05) is 37.3 Å². The van der Waals surface area contributed by atoms with E-state index < -0.39 is 0 Å². The Hall–Kier alpha value is -2.14. The maximum atomic E-state index is 5.50. The number of aromatic nitrogens is 1. The highest BCUT2D eigenvalue weighted by Gasteiger charge is 2.26. The first-order valence-electron chi connectivity index (χ1n) is 10.9. The quantitative estimate of drug-likeness (QED) is 0.726. The fourth-order valence-electron chi connectivity index (χ4n) is 5.02. The Morgan fingerprint density at radius 3 is 2.83 bits per heavy atom. The Bertz CT molecular complexity index is 989. The van der Waals surface area contributed by atoms with E-state index in [1.807, 2.05) is 6.20 Å². The number of rotatable bonds is 4. The van der Waals surface area contributed by atoms with E-state index in [9.17, 15) is 0 Å². The fourth-order valence-corrected chi connectivity index (χ4v) is 5.02. The highest BCUT2D eigenvalue weighted by Crippen LogP contribution is 2.35. The lowest BCUT2D eigenvalue weighted by molar-refractivity contribution is 0.0357. The summed E-state index contributed by atoms with van der Waals surface area (Å²) in [5.41, 5.74) is 7.08. The third-order valence-electron chi connectivity index (χ3n) is 6.66. The highest BCUT2D eigenvalue weighted by molar-refractivity contribution is 5.80. The number of hydrogen-bond donors (Lipinski definition) is 1. The van der Waals surface area contributed by atoms with E-state index in [1.165, 1.54) is 33.2 Å². The molecule has 0 aliphatic carbocycles. The van der Waals surface area contributed by atoms with E-state index in [1.54, 1.807) is 0 Å². The summed E-state index contributed by atoms with van der Waals surface area (Å²) in [6.45, 7) is 9.44. The smallest absolute Gasteiger partial charge is 0.0594 e. The molecule has 0 bridgehead atoms. The Balaban J connectivity index is 1.42. The number of ether oxygens (including phenoxy) is 1. The Morgan fingerprint density at radius 1 is 1.10 bits per heavy atom. The zero-order chi connectivity index (χ0) is 19.8. The number of aromatic amines is 1. The second-order valence-electron chi connectivity index (χ2n) is 8.85. The molecule has 0 radical (unpaired) electrons. The molecule has 1 aromatic heterocycles. The number of benzene rings is 2. The number of H-pyrrole nitrogens is 1. The van der Waals surface area contributed by atoms with Crippen molar-refractivity contribution in [1.29, 1.82) is 0 Å². The van der Waals surface area contributed by atoms with Crippen LogP contribution in [0.5, 0.6) is 0 Å². The number of morpholine rings is 1. The van der Waals surface area contributed by atoms with Crippen LogP contribution in [0.2, 0.25) is 0 Å². The van der Waals surface area contributed by atoms with Crippen molar-refractivity contribution < 1.29 is 4.74 Å². The Morgan fingerprint density at radius 2 is 1.97 bits per heavy atom. The van der Waals surface area contributed by atoms with Gasteiger partial charge in [0.05, 0.1) is 13.2 Å². The molecule has 4 heteroatoms. The number of nitrogens with one attached hydrogen (secondary N) is 1. The molecular formula is C25H31N3O. The average molecular weight is 390 g/mol. The lowest BCUT2D eigenvalue weighted by Crippen LogP contribution is -2.38. The van der Waals surface area contributed by atoms with Gasteiger partial charge in [0.15, 0.2) is 0 Å². The highest BCUT2D eigenvalue weighted by atomic mass is 16.5. The van der Waals surface area contributed by atoms with Gasteiger partial charge in [0.1, 0.15) is 0 Å². The first-order valence-corrected chi connectivity index (χ1v) is 10.9. The normalized spacial score (nSPS) is 21.9. The van der Waals surface area contributed by atoms with Gasteiger partial charge in [-0.25, -0.2) is 0 Å². The van der Waals surface area contributed by atoms with Crippen molar-refractivity contribution in [3.05, 3.63) is 70.9 Å². The number of likely N-dealkylation sites (N-methyl/N-ethyl adjacent to an activating group) is 1. The number of fused-ring (bicyclic) bond motifs is 2. The molecule has 1 saturated heterocycles. The third kappa shape index (κ3) is 3.85. The zero-order valence-electron chi connectivity index (χ0n) is 17.5. The van der Waals surface area contributed by atoms with Crippen LogP contribution in [-0.2, 0) is 11.3 Å². The molecule has 2 atom stereocenters. The van der Waals surface area contributed by atoms with Gasteiger partial charge in [0.25, 0.3) is 0 Å². The molecule has 1 N–H and O–H groups in total. The molecular weight excluding hydrogens is 358 g/mol. The minimum Gasteiger partial charge on any atom is -0.379 e. The van der Waals surface area contributed by atoms with Crippen LogP contribution in [-0.4, -0.2) is 61.2 Å². The SMILES string of the molecule is CC(CN1CCOCC1)c1ccc2c(c1)CN(C)CC2c1ccc2cc[nH]c2c1. The molecule has 5 rings (SSSR count). The summed E-state index contributed by atoms with van der Waals surface area (Å²) in [6.07, 6.45) is 2.03. The van der Waals surface area contributed by atoms with Crippen LogP contribution in [0.1, 0.15) is 41.0 Å². The first-order chi connectivity index (χ1) is 14.2. The summed E-state index contributed by atoms with van der Waals surface area (Å²) < 4.78 is 5.50.